The van der Waals surface area contributed by atoms with Crippen molar-refractivity contribution in [2.75, 3.05) is 20.6 Å². The van der Waals surface area contributed by atoms with E-state index >= 15 is 0 Å². The predicted octanol–water partition coefficient (Wildman–Crippen LogP) is -0.905. The summed E-state index contributed by atoms with van der Waals surface area (Å²) < 4.78 is 29.4. The standard InChI is InChI=1S/C11H16N2O7S/c1-13(2)21(18,19)9-4-3-8(20-9)10(15)12-6-5-7(14)11(16)17/h3-4,7,14H,5-6H2,1-2H3,(H,12,15)(H,16,17)/t7-/m0/s1. The molecule has 0 bridgehead atoms. The summed E-state index contributed by atoms with van der Waals surface area (Å²) in [5.74, 6) is -2.31. The Morgan fingerprint density at radius 1 is 1.38 bits per heavy atom. The number of nitrogens with one attached hydrogen (secondary N) is 1. The second-order valence-corrected chi connectivity index (χ2v) is 6.39. The highest BCUT2D eigenvalue weighted by molar-refractivity contribution is 7.88. The molecule has 1 heterocycles. The molecule has 9 nitrogen and oxygen atoms in total. The first-order valence-electron chi connectivity index (χ1n) is 5.87. The van der Waals surface area contributed by atoms with E-state index < -0.39 is 28.0 Å². The first-order chi connectivity index (χ1) is 9.66. The first kappa shape index (κ1) is 17.1. The number of aliphatic hydroxyl groups excluding tert-OH is 1. The van der Waals surface area contributed by atoms with E-state index in [2.05, 4.69) is 5.32 Å². The lowest BCUT2D eigenvalue weighted by atomic mass is 10.2. The van der Waals surface area contributed by atoms with Gasteiger partial charge in [0.15, 0.2) is 11.9 Å². The van der Waals surface area contributed by atoms with E-state index in [9.17, 15) is 18.0 Å². The van der Waals surface area contributed by atoms with Gasteiger partial charge < -0.3 is 19.9 Å². The van der Waals surface area contributed by atoms with Gasteiger partial charge in [-0.3, -0.25) is 4.79 Å². The lowest BCUT2D eigenvalue weighted by Gasteiger charge is -2.08. The van der Waals surface area contributed by atoms with Gasteiger partial charge in [0.25, 0.3) is 15.9 Å². The summed E-state index contributed by atoms with van der Waals surface area (Å²) in [4.78, 5) is 22.0. The minimum Gasteiger partial charge on any atom is -0.479 e. The fraction of sp³-hybridized carbons (Fsp3) is 0.455. The van der Waals surface area contributed by atoms with Crippen molar-refractivity contribution in [3.63, 3.8) is 0 Å². The van der Waals surface area contributed by atoms with Crippen LogP contribution >= 0.6 is 0 Å². The molecule has 0 radical (unpaired) electrons. The summed E-state index contributed by atoms with van der Waals surface area (Å²) >= 11 is 0. The average Bonchev–Trinajstić information content (AvgIpc) is 2.88. The summed E-state index contributed by atoms with van der Waals surface area (Å²) in [5.41, 5.74) is 0. The van der Waals surface area contributed by atoms with Crippen LogP contribution in [0.1, 0.15) is 17.0 Å². The van der Waals surface area contributed by atoms with Crippen molar-refractivity contribution >= 4 is 21.9 Å². The predicted molar refractivity (Wildman–Crippen MR) is 70.2 cm³/mol. The summed E-state index contributed by atoms with van der Waals surface area (Å²) in [6, 6.07) is 2.34. The fourth-order valence-electron chi connectivity index (χ4n) is 1.29. The number of aliphatic carboxylic acids is 1. The number of amides is 1. The molecule has 0 aliphatic carbocycles. The van der Waals surface area contributed by atoms with Crippen LogP contribution in [0.2, 0.25) is 0 Å². The van der Waals surface area contributed by atoms with Gasteiger partial charge in [-0.25, -0.2) is 17.5 Å². The third kappa shape index (κ3) is 4.28. The van der Waals surface area contributed by atoms with E-state index in [1.165, 1.54) is 20.2 Å². The van der Waals surface area contributed by atoms with Gasteiger partial charge in [0.1, 0.15) is 0 Å². The van der Waals surface area contributed by atoms with Gasteiger partial charge in [0, 0.05) is 27.1 Å². The Balaban J connectivity index is 2.65. The zero-order chi connectivity index (χ0) is 16.2. The zero-order valence-corrected chi connectivity index (χ0v) is 12.3. The lowest BCUT2D eigenvalue weighted by Crippen LogP contribution is -2.29. The number of carbonyl (C=O) groups is 2. The minimum absolute atomic E-state index is 0.0945. The maximum Gasteiger partial charge on any atom is 0.332 e. The number of rotatable bonds is 7. The summed E-state index contributed by atoms with van der Waals surface area (Å²) in [6.07, 6.45) is -1.75. The van der Waals surface area contributed by atoms with E-state index in [0.29, 0.717) is 0 Å². The first-order valence-corrected chi connectivity index (χ1v) is 7.31. The van der Waals surface area contributed by atoms with Gasteiger partial charge >= 0.3 is 5.97 Å². The number of carbonyl (C=O) groups excluding carboxylic acids is 1. The van der Waals surface area contributed by atoms with Crippen molar-refractivity contribution in [1.29, 1.82) is 0 Å². The molecule has 0 aliphatic rings. The molecule has 0 unspecified atom stereocenters. The van der Waals surface area contributed by atoms with Crippen molar-refractivity contribution in [3.05, 3.63) is 17.9 Å². The smallest absolute Gasteiger partial charge is 0.332 e. The van der Waals surface area contributed by atoms with E-state index in [-0.39, 0.29) is 23.8 Å². The van der Waals surface area contributed by atoms with Crippen LogP contribution in [-0.4, -0.2) is 61.6 Å². The molecule has 0 saturated heterocycles. The summed E-state index contributed by atoms with van der Waals surface area (Å²) in [5, 5.41) is 19.4. The minimum atomic E-state index is -3.77. The van der Waals surface area contributed by atoms with E-state index in [0.717, 1.165) is 10.4 Å². The topological polar surface area (TPSA) is 137 Å². The molecule has 0 saturated carbocycles. The molecule has 1 atom stereocenters. The van der Waals surface area contributed by atoms with Gasteiger partial charge in [0.2, 0.25) is 5.09 Å². The highest BCUT2D eigenvalue weighted by Crippen LogP contribution is 2.16. The molecule has 0 aliphatic heterocycles. The SMILES string of the molecule is CN(C)S(=O)(=O)c1ccc(C(=O)NCC[C@H](O)C(=O)O)o1. The van der Waals surface area contributed by atoms with Gasteiger partial charge in [-0.05, 0) is 12.1 Å². The van der Waals surface area contributed by atoms with Crippen molar-refractivity contribution in [1.82, 2.24) is 9.62 Å². The number of sulfonamides is 1. The molecule has 10 heteroatoms. The van der Waals surface area contributed by atoms with Crippen LogP contribution in [0.15, 0.2) is 21.6 Å². The number of carboxylic acids is 1. The van der Waals surface area contributed by atoms with E-state index in [1.807, 2.05) is 0 Å². The van der Waals surface area contributed by atoms with Crippen LogP contribution < -0.4 is 5.32 Å². The number of furan rings is 1. The largest absolute Gasteiger partial charge is 0.479 e. The highest BCUT2D eigenvalue weighted by atomic mass is 32.2. The van der Waals surface area contributed by atoms with Crippen LogP contribution in [0.5, 0.6) is 0 Å². The van der Waals surface area contributed by atoms with Crippen LogP contribution in [0, 0.1) is 0 Å². The molecule has 0 aromatic carbocycles. The molecular formula is C11H16N2O7S. The van der Waals surface area contributed by atoms with Crippen molar-refractivity contribution in [2.24, 2.45) is 0 Å². The molecule has 1 aromatic rings. The summed E-state index contributed by atoms with van der Waals surface area (Å²) in [7, 11) is -1.12. The van der Waals surface area contributed by atoms with Crippen molar-refractivity contribution < 1.29 is 32.6 Å². The maximum atomic E-state index is 11.7. The highest BCUT2D eigenvalue weighted by Gasteiger charge is 2.23. The van der Waals surface area contributed by atoms with Crippen LogP contribution in [0.3, 0.4) is 0 Å². The molecule has 3 N–H and O–H groups in total. The Bertz CT molecular complexity index is 620. The molecule has 0 fully saturated rings. The Hall–Kier alpha value is -1.91. The van der Waals surface area contributed by atoms with Crippen molar-refractivity contribution in [2.45, 2.75) is 17.6 Å². The Morgan fingerprint density at radius 3 is 2.52 bits per heavy atom. The number of aliphatic hydroxyl groups is 1. The third-order valence-corrected chi connectivity index (χ3v) is 4.22. The van der Waals surface area contributed by atoms with Crippen LogP contribution in [0.25, 0.3) is 0 Å². The van der Waals surface area contributed by atoms with E-state index in [1.54, 1.807) is 0 Å². The molecule has 1 aromatic heterocycles. The molecule has 21 heavy (non-hydrogen) atoms. The Labute approximate surface area is 121 Å². The molecular weight excluding hydrogens is 304 g/mol. The van der Waals surface area contributed by atoms with Gasteiger partial charge in [0.05, 0.1) is 0 Å². The fourth-order valence-corrected chi connectivity index (χ4v) is 2.09. The second kappa shape index (κ2) is 6.70. The zero-order valence-electron chi connectivity index (χ0n) is 11.4. The Kier molecular flexibility index (Phi) is 5.47. The van der Waals surface area contributed by atoms with Crippen LogP contribution in [0.4, 0.5) is 0 Å². The number of nitrogens with zero attached hydrogens (tertiary/aromatic N) is 1. The van der Waals surface area contributed by atoms with Crippen LogP contribution in [-0.2, 0) is 14.8 Å². The number of hydrogen-bond donors (Lipinski definition) is 3. The van der Waals surface area contributed by atoms with Gasteiger partial charge in [-0.15, -0.1) is 0 Å². The summed E-state index contributed by atoms with van der Waals surface area (Å²) in [6.45, 7) is -0.0945. The number of hydrogen-bond acceptors (Lipinski definition) is 6. The van der Waals surface area contributed by atoms with E-state index in [4.69, 9.17) is 14.6 Å². The molecule has 1 rings (SSSR count). The maximum absolute atomic E-state index is 11.7. The van der Waals surface area contributed by atoms with Crippen molar-refractivity contribution in [3.8, 4) is 0 Å². The average molecular weight is 320 g/mol. The number of carboxylic acid groups (broad SMARTS) is 1. The molecule has 0 spiro atoms. The second-order valence-electron chi connectivity index (χ2n) is 4.30. The normalized spacial score (nSPS) is 13.1. The van der Waals surface area contributed by atoms with Gasteiger partial charge in [-0.1, -0.05) is 0 Å². The van der Waals surface area contributed by atoms with Gasteiger partial charge in [-0.2, -0.15) is 0 Å². The lowest BCUT2D eigenvalue weighted by molar-refractivity contribution is -0.146. The third-order valence-electron chi connectivity index (χ3n) is 2.53. The molecule has 1 amide bonds. The Morgan fingerprint density at radius 2 is 2.00 bits per heavy atom. The quantitative estimate of drug-likeness (QED) is 0.591. The molecule has 118 valence electrons. The monoisotopic (exact) mass is 320 g/mol.